The monoisotopic (exact) mass is 379 g/mol. The third-order valence-corrected chi connectivity index (χ3v) is 6.02. The van der Waals surface area contributed by atoms with E-state index in [4.69, 9.17) is 0 Å². The molecule has 2 aromatic rings. The van der Waals surface area contributed by atoms with E-state index in [1.807, 2.05) is 49.4 Å². The number of hydrogen-bond donors (Lipinski definition) is 1. The number of likely N-dealkylation sites (tertiary alicyclic amines) is 1. The second-order valence-corrected chi connectivity index (χ2v) is 7.94. The highest BCUT2D eigenvalue weighted by molar-refractivity contribution is 6.09. The number of carbonyl (C=O) groups is 3. The Morgan fingerprint density at radius 1 is 1.14 bits per heavy atom. The lowest BCUT2D eigenvalue weighted by Gasteiger charge is -2.34. The Bertz CT molecular complexity index is 957. The van der Waals surface area contributed by atoms with Gasteiger partial charge in [0.15, 0.2) is 0 Å². The predicted molar refractivity (Wildman–Crippen MR) is 107 cm³/mol. The van der Waals surface area contributed by atoms with Crippen LogP contribution >= 0.6 is 0 Å². The first-order valence-corrected chi connectivity index (χ1v) is 9.83. The van der Waals surface area contributed by atoms with E-state index in [0.717, 1.165) is 34.9 Å². The molecule has 2 aliphatic heterocycles. The highest BCUT2D eigenvalue weighted by atomic mass is 16.2. The van der Waals surface area contributed by atoms with Crippen molar-refractivity contribution in [1.29, 1.82) is 0 Å². The molecule has 0 unspecified atom stereocenters. The van der Waals surface area contributed by atoms with E-state index in [-0.39, 0.29) is 24.4 Å². The molecular weight excluding hydrogens is 354 g/mol. The van der Waals surface area contributed by atoms with Crippen molar-refractivity contribution in [2.45, 2.75) is 44.7 Å². The van der Waals surface area contributed by atoms with Gasteiger partial charge >= 0.3 is 6.03 Å². The van der Waals surface area contributed by atoms with E-state index in [9.17, 15) is 14.4 Å². The summed E-state index contributed by atoms with van der Waals surface area (Å²) in [6.45, 7) is 4.19. The van der Waals surface area contributed by atoms with E-state index in [2.05, 4.69) is 5.32 Å². The van der Waals surface area contributed by atoms with Crippen molar-refractivity contribution in [1.82, 2.24) is 15.1 Å². The number of rotatable bonds is 3. The molecule has 28 heavy (non-hydrogen) atoms. The number of imide groups is 1. The maximum atomic E-state index is 13.1. The minimum Gasteiger partial charge on any atom is -0.338 e. The number of nitrogens with zero attached hydrogens (tertiary/aromatic N) is 2. The Kier molecular flexibility index (Phi) is 4.57. The van der Waals surface area contributed by atoms with E-state index in [1.54, 1.807) is 11.8 Å². The van der Waals surface area contributed by atoms with Crippen LogP contribution in [0.25, 0.3) is 10.8 Å². The number of carbonyl (C=O) groups excluding carboxylic acids is 3. The van der Waals surface area contributed by atoms with Crippen molar-refractivity contribution in [3.63, 3.8) is 0 Å². The zero-order valence-corrected chi connectivity index (χ0v) is 16.3. The molecule has 0 aromatic heterocycles. The first kappa shape index (κ1) is 18.5. The van der Waals surface area contributed by atoms with Crippen LogP contribution in [0.3, 0.4) is 0 Å². The van der Waals surface area contributed by atoms with Gasteiger partial charge in [0, 0.05) is 12.6 Å². The number of amides is 4. The zero-order valence-electron chi connectivity index (χ0n) is 16.3. The molecular formula is C22H25N3O3. The van der Waals surface area contributed by atoms with E-state index < -0.39 is 11.6 Å². The molecule has 6 nitrogen and oxygen atoms in total. The normalized spacial score (nSPS) is 25.3. The fourth-order valence-electron chi connectivity index (χ4n) is 4.23. The van der Waals surface area contributed by atoms with Crippen LogP contribution in [0.15, 0.2) is 42.5 Å². The molecule has 6 heteroatoms. The molecule has 2 saturated heterocycles. The van der Waals surface area contributed by atoms with Crippen LogP contribution in [-0.4, -0.2) is 46.8 Å². The highest BCUT2D eigenvalue weighted by Crippen LogP contribution is 2.31. The molecule has 4 amide bonds. The SMILES string of the molecule is C[C@H]1CCCCN1C(=O)CN1C(=O)N[C@@](C)(c2ccc3ccccc3c2)C1=O. The summed E-state index contributed by atoms with van der Waals surface area (Å²) < 4.78 is 0. The van der Waals surface area contributed by atoms with Crippen LogP contribution in [0.5, 0.6) is 0 Å². The van der Waals surface area contributed by atoms with Crippen molar-refractivity contribution in [2.24, 2.45) is 0 Å². The summed E-state index contributed by atoms with van der Waals surface area (Å²) in [7, 11) is 0. The van der Waals surface area contributed by atoms with Crippen molar-refractivity contribution in [3.8, 4) is 0 Å². The number of benzene rings is 2. The molecule has 146 valence electrons. The van der Waals surface area contributed by atoms with Gasteiger partial charge in [-0.15, -0.1) is 0 Å². The molecule has 2 aromatic carbocycles. The summed E-state index contributed by atoms with van der Waals surface area (Å²) >= 11 is 0. The summed E-state index contributed by atoms with van der Waals surface area (Å²) in [6, 6.07) is 13.2. The summed E-state index contributed by atoms with van der Waals surface area (Å²) in [6.07, 6.45) is 3.03. The summed E-state index contributed by atoms with van der Waals surface area (Å²) in [5, 5.41) is 4.86. The lowest BCUT2D eigenvalue weighted by molar-refractivity contribution is -0.140. The third kappa shape index (κ3) is 3.03. The number of nitrogens with one attached hydrogen (secondary N) is 1. The van der Waals surface area contributed by atoms with Gasteiger partial charge in [-0.25, -0.2) is 4.79 Å². The molecule has 2 atom stereocenters. The quantitative estimate of drug-likeness (QED) is 0.834. The van der Waals surface area contributed by atoms with E-state index in [0.29, 0.717) is 12.1 Å². The Morgan fingerprint density at radius 2 is 1.89 bits per heavy atom. The van der Waals surface area contributed by atoms with Crippen molar-refractivity contribution < 1.29 is 14.4 Å². The van der Waals surface area contributed by atoms with Gasteiger partial charge < -0.3 is 10.2 Å². The fourth-order valence-corrected chi connectivity index (χ4v) is 4.23. The van der Waals surface area contributed by atoms with Gasteiger partial charge in [-0.2, -0.15) is 0 Å². The molecule has 0 spiro atoms. The molecule has 4 rings (SSSR count). The molecule has 2 heterocycles. The van der Waals surface area contributed by atoms with Crippen LogP contribution in [-0.2, 0) is 15.1 Å². The average molecular weight is 379 g/mol. The van der Waals surface area contributed by atoms with Gasteiger partial charge in [0.2, 0.25) is 5.91 Å². The van der Waals surface area contributed by atoms with Crippen LogP contribution < -0.4 is 5.32 Å². The van der Waals surface area contributed by atoms with Crippen LogP contribution in [0, 0.1) is 0 Å². The van der Waals surface area contributed by atoms with E-state index >= 15 is 0 Å². The summed E-state index contributed by atoms with van der Waals surface area (Å²) in [4.78, 5) is 41.3. The zero-order chi connectivity index (χ0) is 19.9. The largest absolute Gasteiger partial charge is 0.338 e. The number of hydrogen-bond acceptors (Lipinski definition) is 3. The number of urea groups is 1. The Balaban J connectivity index is 1.57. The summed E-state index contributed by atoms with van der Waals surface area (Å²) in [5.41, 5.74) is -0.458. The Hall–Kier alpha value is -2.89. The van der Waals surface area contributed by atoms with Crippen molar-refractivity contribution in [3.05, 3.63) is 48.0 Å². The predicted octanol–water partition coefficient (Wildman–Crippen LogP) is 3.01. The van der Waals surface area contributed by atoms with Crippen LogP contribution in [0.1, 0.15) is 38.7 Å². The first-order valence-electron chi connectivity index (χ1n) is 9.83. The lowest BCUT2D eigenvalue weighted by atomic mass is 9.90. The van der Waals surface area contributed by atoms with E-state index in [1.165, 1.54) is 0 Å². The van der Waals surface area contributed by atoms with Gasteiger partial charge in [-0.05, 0) is 55.5 Å². The molecule has 0 bridgehead atoms. The summed E-state index contributed by atoms with van der Waals surface area (Å²) in [5.74, 6) is -0.552. The average Bonchev–Trinajstić information content (AvgIpc) is 2.92. The van der Waals surface area contributed by atoms with Gasteiger partial charge in [-0.3, -0.25) is 14.5 Å². The second-order valence-electron chi connectivity index (χ2n) is 7.94. The number of piperidine rings is 1. The molecule has 1 N–H and O–H groups in total. The minimum atomic E-state index is -1.17. The standard InChI is InChI=1S/C22H25N3O3/c1-15-7-5-6-12-24(15)19(26)14-25-20(27)22(2,23-21(25)28)18-11-10-16-8-3-4-9-17(16)13-18/h3-4,8-11,13,15H,5-7,12,14H2,1-2H3,(H,23,28)/t15-,22-/m0/s1. The molecule has 0 aliphatic carbocycles. The maximum Gasteiger partial charge on any atom is 0.325 e. The Morgan fingerprint density at radius 3 is 2.64 bits per heavy atom. The maximum absolute atomic E-state index is 13.1. The molecule has 2 fully saturated rings. The Labute approximate surface area is 164 Å². The minimum absolute atomic E-state index is 0.147. The van der Waals surface area contributed by atoms with Gasteiger partial charge in [0.05, 0.1) is 0 Å². The van der Waals surface area contributed by atoms with Gasteiger partial charge in [-0.1, -0.05) is 36.4 Å². The van der Waals surface area contributed by atoms with Crippen LogP contribution in [0.2, 0.25) is 0 Å². The van der Waals surface area contributed by atoms with Crippen molar-refractivity contribution >= 4 is 28.6 Å². The molecule has 0 radical (unpaired) electrons. The number of fused-ring (bicyclic) bond motifs is 1. The van der Waals surface area contributed by atoms with Gasteiger partial charge in [0.1, 0.15) is 12.1 Å². The second kappa shape index (κ2) is 6.93. The lowest BCUT2D eigenvalue weighted by Crippen LogP contribution is -2.48. The first-order chi connectivity index (χ1) is 13.4. The van der Waals surface area contributed by atoms with Gasteiger partial charge in [0.25, 0.3) is 5.91 Å². The van der Waals surface area contributed by atoms with Crippen LogP contribution in [0.4, 0.5) is 4.79 Å². The topological polar surface area (TPSA) is 69.7 Å². The molecule has 0 saturated carbocycles. The molecule has 2 aliphatic rings. The third-order valence-electron chi connectivity index (χ3n) is 6.02. The highest BCUT2D eigenvalue weighted by Gasteiger charge is 2.49. The smallest absolute Gasteiger partial charge is 0.325 e. The fraction of sp³-hybridized carbons (Fsp3) is 0.409. The van der Waals surface area contributed by atoms with Crippen molar-refractivity contribution in [2.75, 3.05) is 13.1 Å².